The Labute approximate surface area is 120 Å². The van der Waals surface area contributed by atoms with Crippen molar-refractivity contribution in [2.75, 3.05) is 20.1 Å². The Hall–Kier alpha value is -0.960. The molecule has 0 radical (unpaired) electrons. The maximum atomic E-state index is 12.1. The van der Waals surface area contributed by atoms with Crippen LogP contribution in [0, 0.1) is 0 Å². The van der Waals surface area contributed by atoms with Crippen molar-refractivity contribution < 1.29 is 8.42 Å². The summed E-state index contributed by atoms with van der Waals surface area (Å²) in [5, 5.41) is 3.98. The minimum absolute atomic E-state index is 0.177. The summed E-state index contributed by atoms with van der Waals surface area (Å²) >= 11 is 0. The van der Waals surface area contributed by atoms with Gasteiger partial charge in [0.1, 0.15) is 4.90 Å². The lowest BCUT2D eigenvalue weighted by atomic mass is 10.3. The molecular weight excluding hydrogens is 278 g/mol. The van der Waals surface area contributed by atoms with Crippen LogP contribution in [0.2, 0.25) is 0 Å². The fraction of sp³-hybridized carbons (Fsp3) is 0.750. The maximum Gasteiger partial charge on any atom is 0.243 e. The number of rotatable bonds is 8. The number of nitrogens with two attached hydrogens (primary N) is 1. The minimum atomic E-state index is -3.49. The van der Waals surface area contributed by atoms with E-state index in [2.05, 4.69) is 14.7 Å². The number of nitrogens with zero attached hydrogens (tertiary/aromatic N) is 3. The van der Waals surface area contributed by atoms with E-state index in [1.54, 1.807) is 0 Å². The fourth-order valence-electron chi connectivity index (χ4n) is 2.04. The maximum absolute atomic E-state index is 12.1. The highest BCUT2D eigenvalue weighted by atomic mass is 32.2. The zero-order valence-corrected chi connectivity index (χ0v) is 12.8. The molecule has 0 bridgehead atoms. The molecule has 0 saturated heterocycles. The van der Waals surface area contributed by atoms with Crippen LogP contribution >= 0.6 is 0 Å². The lowest BCUT2D eigenvalue weighted by molar-refractivity contribution is 0.248. The summed E-state index contributed by atoms with van der Waals surface area (Å²) in [5.74, 6) is 0. The summed E-state index contributed by atoms with van der Waals surface area (Å²) < 4.78 is 28.5. The number of nitrogens with one attached hydrogen (secondary N) is 1. The van der Waals surface area contributed by atoms with E-state index in [9.17, 15) is 8.42 Å². The van der Waals surface area contributed by atoms with Gasteiger partial charge in [0, 0.05) is 31.4 Å². The zero-order chi connectivity index (χ0) is 14.8. The van der Waals surface area contributed by atoms with Crippen LogP contribution in [0.25, 0.3) is 0 Å². The third-order valence-corrected chi connectivity index (χ3v) is 5.04. The molecule has 1 unspecified atom stereocenters. The van der Waals surface area contributed by atoms with Gasteiger partial charge in [-0.2, -0.15) is 5.10 Å². The van der Waals surface area contributed by atoms with Crippen LogP contribution in [0.5, 0.6) is 0 Å². The summed E-state index contributed by atoms with van der Waals surface area (Å²) in [6.45, 7) is 3.37. The number of hydrogen-bond donors (Lipinski definition) is 2. The Morgan fingerprint density at radius 2 is 2.30 bits per heavy atom. The van der Waals surface area contributed by atoms with Gasteiger partial charge >= 0.3 is 0 Å². The Kier molecular flexibility index (Phi) is 4.79. The van der Waals surface area contributed by atoms with E-state index >= 15 is 0 Å². The lowest BCUT2D eigenvalue weighted by Crippen LogP contribution is -2.41. The first kappa shape index (κ1) is 15.4. The summed E-state index contributed by atoms with van der Waals surface area (Å²) in [6.07, 6.45) is 5.27. The number of sulfonamides is 1. The molecule has 7 nitrogen and oxygen atoms in total. The van der Waals surface area contributed by atoms with Gasteiger partial charge in [-0.05, 0) is 26.8 Å². The fourth-order valence-corrected chi connectivity index (χ4v) is 3.11. The highest BCUT2D eigenvalue weighted by molar-refractivity contribution is 7.89. The summed E-state index contributed by atoms with van der Waals surface area (Å²) in [7, 11) is -1.45. The van der Waals surface area contributed by atoms with Crippen LogP contribution in [0.4, 0.5) is 0 Å². The number of aromatic nitrogens is 2. The van der Waals surface area contributed by atoms with Crippen LogP contribution in [0.1, 0.15) is 19.8 Å². The van der Waals surface area contributed by atoms with Gasteiger partial charge in [-0.15, -0.1) is 0 Å². The van der Waals surface area contributed by atoms with Gasteiger partial charge in [0.2, 0.25) is 10.0 Å². The first-order valence-electron chi connectivity index (χ1n) is 6.88. The second-order valence-corrected chi connectivity index (χ2v) is 7.09. The van der Waals surface area contributed by atoms with Gasteiger partial charge in [0.05, 0.1) is 12.7 Å². The van der Waals surface area contributed by atoms with Gasteiger partial charge in [0.15, 0.2) is 0 Å². The predicted molar refractivity (Wildman–Crippen MR) is 76.7 cm³/mol. The van der Waals surface area contributed by atoms with Gasteiger partial charge in [-0.1, -0.05) is 0 Å². The van der Waals surface area contributed by atoms with E-state index in [-0.39, 0.29) is 10.9 Å². The third-order valence-electron chi connectivity index (χ3n) is 3.66. The zero-order valence-electron chi connectivity index (χ0n) is 12.0. The van der Waals surface area contributed by atoms with Gasteiger partial charge < -0.3 is 5.73 Å². The average molecular weight is 301 g/mol. The Morgan fingerprint density at radius 3 is 2.90 bits per heavy atom. The van der Waals surface area contributed by atoms with Crippen molar-refractivity contribution in [2.24, 2.45) is 5.73 Å². The molecule has 1 fully saturated rings. The van der Waals surface area contributed by atoms with E-state index in [0.717, 1.165) is 0 Å². The number of likely N-dealkylation sites (N-methyl/N-ethyl adjacent to an activating group) is 1. The van der Waals surface area contributed by atoms with Gasteiger partial charge in [-0.3, -0.25) is 9.58 Å². The molecule has 1 saturated carbocycles. The Bertz CT molecular complexity index is 538. The second kappa shape index (κ2) is 6.21. The van der Waals surface area contributed by atoms with E-state index in [1.807, 2.05) is 14.0 Å². The molecule has 114 valence electrons. The van der Waals surface area contributed by atoms with Crippen LogP contribution in [0.15, 0.2) is 17.3 Å². The molecule has 2 rings (SSSR count). The summed E-state index contributed by atoms with van der Waals surface area (Å²) in [6, 6.07) is 0.790. The first-order valence-corrected chi connectivity index (χ1v) is 8.36. The van der Waals surface area contributed by atoms with Crippen LogP contribution < -0.4 is 10.5 Å². The first-order chi connectivity index (χ1) is 9.44. The van der Waals surface area contributed by atoms with E-state index in [0.29, 0.717) is 25.7 Å². The third kappa shape index (κ3) is 3.78. The molecule has 1 aliphatic rings. The highest BCUT2D eigenvalue weighted by Gasteiger charge is 2.29. The van der Waals surface area contributed by atoms with Crippen molar-refractivity contribution >= 4 is 10.0 Å². The second-order valence-electron chi connectivity index (χ2n) is 5.33. The molecule has 1 aliphatic carbocycles. The monoisotopic (exact) mass is 301 g/mol. The Balaban J connectivity index is 1.92. The number of hydrogen-bond acceptors (Lipinski definition) is 5. The van der Waals surface area contributed by atoms with Gasteiger partial charge in [-0.25, -0.2) is 13.1 Å². The molecule has 8 heteroatoms. The molecule has 1 atom stereocenters. The average Bonchev–Trinajstić information content (AvgIpc) is 3.15. The van der Waals surface area contributed by atoms with Crippen LogP contribution in [-0.2, 0) is 16.6 Å². The van der Waals surface area contributed by atoms with Crippen molar-refractivity contribution in [1.82, 2.24) is 19.4 Å². The lowest BCUT2D eigenvalue weighted by Gasteiger charge is -2.24. The molecule has 20 heavy (non-hydrogen) atoms. The largest absolute Gasteiger partial charge is 0.329 e. The molecule has 1 aromatic heterocycles. The van der Waals surface area contributed by atoms with Crippen molar-refractivity contribution in [3.63, 3.8) is 0 Å². The van der Waals surface area contributed by atoms with E-state index < -0.39 is 10.0 Å². The van der Waals surface area contributed by atoms with Crippen molar-refractivity contribution in [1.29, 1.82) is 0 Å². The van der Waals surface area contributed by atoms with Gasteiger partial charge in [0.25, 0.3) is 0 Å². The smallest absolute Gasteiger partial charge is 0.243 e. The highest BCUT2D eigenvalue weighted by Crippen LogP contribution is 2.26. The quantitative estimate of drug-likeness (QED) is 0.682. The van der Waals surface area contributed by atoms with E-state index in [4.69, 9.17) is 5.73 Å². The van der Waals surface area contributed by atoms with Crippen molar-refractivity contribution in [3.05, 3.63) is 12.4 Å². The molecule has 0 spiro atoms. The van der Waals surface area contributed by atoms with E-state index in [1.165, 1.54) is 29.9 Å². The standard InChI is InChI=1S/C12H23N5O2S/c1-10(16(2)11-3-4-11)7-15-20(18,19)12-8-14-17(9-12)6-5-13/h8-11,15H,3-7,13H2,1-2H3. The molecular formula is C12H23N5O2S. The Morgan fingerprint density at radius 1 is 1.60 bits per heavy atom. The minimum Gasteiger partial charge on any atom is -0.329 e. The topological polar surface area (TPSA) is 93.2 Å². The SMILES string of the molecule is CC(CNS(=O)(=O)c1cnn(CCN)c1)N(C)C1CC1. The molecule has 0 aliphatic heterocycles. The van der Waals surface area contributed by atoms with Crippen LogP contribution in [0.3, 0.4) is 0 Å². The molecule has 1 aromatic rings. The normalized spacial score (nSPS) is 17.6. The van der Waals surface area contributed by atoms with Crippen molar-refractivity contribution in [2.45, 2.75) is 43.3 Å². The summed E-state index contributed by atoms with van der Waals surface area (Å²) in [4.78, 5) is 2.41. The predicted octanol–water partition coefficient (Wildman–Crippen LogP) is -0.397. The summed E-state index contributed by atoms with van der Waals surface area (Å²) in [5.41, 5.74) is 5.41. The molecule has 0 aromatic carbocycles. The van der Waals surface area contributed by atoms with Crippen LogP contribution in [-0.4, -0.2) is 55.3 Å². The molecule has 0 amide bonds. The molecule has 3 N–H and O–H groups in total. The van der Waals surface area contributed by atoms with Crippen molar-refractivity contribution in [3.8, 4) is 0 Å². The molecule has 1 heterocycles.